The van der Waals surface area contributed by atoms with Gasteiger partial charge in [0.25, 0.3) is 0 Å². The lowest BCUT2D eigenvalue weighted by Crippen LogP contribution is -2.37. The Balaban J connectivity index is 2.46. The van der Waals surface area contributed by atoms with E-state index in [0.29, 0.717) is 5.92 Å². The summed E-state index contributed by atoms with van der Waals surface area (Å²) in [5.41, 5.74) is 7.31. The first-order valence-corrected chi connectivity index (χ1v) is 6.35. The fourth-order valence-corrected chi connectivity index (χ4v) is 1.95. The minimum atomic E-state index is 0.0685. The zero-order valence-corrected chi connectivity index (χ0v) is 10.4. The molecular formula is C14H24N2. The van der Waals surface area contributed by atoms with E-state index in [1.54, 1.807) is 0 Å². The van der Waals surface area contributed by atoms with Crippen molar-refractivity contribution in [3.8, 4) is 0 Å². The fraction of sp³-hybridized carbons (Fsp3) is 0.571. The summed E-state index contributed by atoms with van der Waals surface area (Å²) in [6, 6.07) is 10.2. The highest BCUT2D eigenvalue weighted by Crippen LogP contribution is 2.17. The highest BCUT2D eigenvalue weighted by Gasteiger charge is 2.14. The number of para-hydroxylation sites is 1. The summed E-state index contributed by atoms with van der Waals surface area (Å²) < 4.78 is 0. The third-order valence-corrected chi connectivity index (χ3v) is 3.07. The van der Waals surface area contributed by atoms with Gasteiger partial charge in [-0.05, 0) is 24.5 Å². The number of hydrogen-bond donors (Lipinski definition) is 2. The molecule has 0 aliphatic carbocycles. The number of hydrogen-bond acceptors (Lipinski definition) is 2. The van der Waals surface area contributed by atoms with Crippen LogP contribution in [0.15, 0.2) is 30.3 Å². The predicted octanol–water partition coefficient (Wildman–Crippen LogP) is 3.60. The van der Waals surface area contributed by atoms with Crippen molar-refractivity contribution in [3.05, 3.63) is 30.3 Å². The van der Waals surface area contributed by atoms with Crippen molar-refractivity contribution in [2.24, 2.45) is 11.7 Å². The zero-order valence-electron chi connectivity index (χ0n) is 10.4. The second-order valence-corrected chi connectivity index (χ2v) is 4.35. The van der Waals surface area contributed by atoms with Gasteiger partial charge in [-0.1, -0.05) is 51.3 Å². The first-order valence-electron chi connectivity index (χ1n) is 6.35. The van der Waals surface area contributed by atoms with E-state index >= 15 is 0 Å². The first-order chi connectivity index (χ1) is 7.77. The maximum absolute atomic E-state index is 6.19. The summed E-state index contributed by atoms with van der Waals surface area (Å²) in [6.45, 7) is 4.44. The Morgan fingerprint density at radius 1 is 1.19 bits per heavy atom. The van der Waals surface area contributed by atoms with Crippen LogP contribution in [0.3, 0.4) is 0 Å². The molecule has 1 aromatic rings. The van der Waals surface area contributed by atoms with Gasteiger partial charge in [0.15, 0.2) is 0 Å². The van der Waals surface area contributed by atoms with Crippen LogP contribution in [0.1, 0.15) is 39.5 Å². The van der Waals surface area contributed by atoms with E-state index in [4.69, 9.17) is 5.73 Å². The Morgan fingerprint density at radius 2 is 1.88 bits per heavy atom. The largest absolute Gasteiger partial charge is 0.370 e. The number of benzene rings is 1. The molecule has 0 aliphatic rings. The van der Waals surface area contributed by atoms with Gasteiger partial charge in [0.2, 0.25) is 0 Å². The van der Waals surface area contributed by atoms with Gasteiger partial charge in [0.1, 0.15) is 0 Å². The smallest absolute Gasteiger partial charge is 0.0771 e. The second kappa shape index (κ2) is 7.29. The van der Waals surface area contributed by atoms with Gasteiger partial charge in [-0.25, -0.2) is 0 Å². The van der Waals surface area contributed by atoms with Crippen LogP contribution in [0.25, 0.3) is 0 Å². The standard InChI is InChI=1S/C14H24N2/c1-3-5-9-12(4-2)14(15)16-13-10-7-6-8-11-13/h6-8,10-12,14,16H,3-5,9,15H2,1-2H3. The van der Waals surface area contributed by atoms with E-state index in [0.717, 1.165) is 12.1 Å². The van der Waals surface area contributed by atoms with Gasteiger partial charge in [0, 0.05) is 5.69 Å². The summed E-state index contributed by atoms with van der Waals surface area (Å²) in [6.07, 6.45) is 4.94. The molecule has 1 aromatic carbocycles. The first kappa shape index (κ1) is 13.0. The Labute approximate surface area is 99.2 Å². The van der Waals surface area contributed by atoms with Crippen molar-refractivity contribution >= 4 is 5.69 Å². The topological polar surface area (TPSA) is 38.0 Å². The van der Waals surface area contributed by atoms with Crippen LogP contribution in [-0.2, 0) is 0 Å². The van der Waals surface area contributed by atoms with Crippen LogP contribution >= 0.6 is 0 Å². The molecule has 0 fully saturated rings. The summed E-state index contributed by atoms with van der Waals surface area (Å²) in [5.74, 6) is 0.570. The molecule has 2 nitrogen and oxygen atoms in total. The number of nitrogens with two attached hydrogens (primary N) is 1. The van der Waals surface area contributed by atoms with Crippen LogP contribution in [0, 0.1) is 5.92 Å². The SMILES string of the molecule is CCCCC(CC)C(N)Nc1ccccc1. The summed E-state index contributed by atoms with van der Waals surface area (Å²) in [7, 11) is 0. The van der Waals surface area contributed by atoms with E-state index in [-0.39, 0.29) is 6.17 Å². The molecule has 3 N–H and O–H groups in total. The Hall–Kier alpha value is -1.02. The molecule has 0 bridgehead atoms. The van der Waals surface area contributed by atoms with Crippen LogP contribution in [-0.4, -0.2) is 6.17 Å². The van der Waals surface area contributed by atoms with Crippen molar-refractivity contribution in [2.45, 2.75) is 45.7 Å². The van der Waals surface area contributed by atoms with Crippen molar-refractivity contribution in [1.82, 2.24) is 0 Å². The highest BCUT2D eigenvalue weighted by atomic mass is 15.0. The van der Waals surface area contributed by atoms with E-state index in [1.807, 2.05) is 18.2 Å². The molecule has 1 rings (SSSR count). The monoisotopic (exact) mass is 220 g/mol. The lowest BCUT2D eigenvalue weighted by atomic mass is 9.96. The molecule has 90 valence electrons. The van der Waals surface area contributed by atoms with Gasteiger partial charge >= 0.3 is 0 Å². The van der Waals surface area contributed by atoms with Gasteiger partial charge in [-0.15, -0.1) is 0 Å². The van der Waals surface area contributed by atoms with Crippen LogP contribution < -0.4 is 11.1 Å². The van der Waals surface area contributed by atoms with Gasteiger partial charge in [-0.3, -0.25) is 0 Å². The lowest BCUT2D eigenvalue weighted by Gasteiger charge is -2.24. The molecule has 0 spiro atoms. The molecule has 2 atom stereocenters. The number of unbranched alkanes of at least 4 members (excludes halogenated alkanes) is 1. The normalized spacial score (nSPS) is 14.4. The van der Waals surface area contributed by atoms with Gasteiger partial charge in [0.05, 0.1) is 6.17 Å². The van der Waals surface area contributed by atoms with Crippen molar-refractivity contribution < 1.29 is 0 Å². The highest BCUT2D eigenvalue weighted by molar-refractivity contribution is 5.43. The summed E-state index contributed by atoms with van der Waals surface area (Å²) in [5, 5.41) is 3.38. The molecule has 0 aromatic heterocycles. The molecule has 0 saturated carbocycles. The zero-order chi connectivity index (χ0) is 11.8. The van der Waals surface area contributed by atoms with Crippen LogP contribution in [0.4, 0.5) is 5.69 Å². The summed E-state index contributed by atoms with van der Waals surface area (Å²) in [4.78, 5) is 0. The average molecular weight is 220 g/mol. The van der Waals surface area contributed by atoms with Crippen molar-refractivity contribution in [1.29, 1.82) is 0 Å². The second-order valence-electron chi connectivity index (χ2n) is 4.35. The predicted molar refractivity (Wildman–Crippen MR) is 71.3 cm³/mol. The Kier molecular flexibility index (Phi) is 5.94. The van der Waals surface area contributed by atoms with Crippen molar-refractivity contribution in [2.75, 3.05) is 5.32 Å². The van der Waals surface area contributed by atoms with E-state index in [1.165, 1.54) is 19.3 Å². The number of nitrogens with one attached hydrogen (secondary N) is 1. The lowest BCUT2D eigenvalue weighted by molar-refractivity contribution is 0.395. The molecule has 2 heteroatoms. The van der Waals surface area contributed by atoms with Gasteiger partial charge < -0.3 is 11.1 Å². The molecule has 16 heavy (non-hydrogen) atoms. The third kappa shape index (κ3) is 4.23. The molecule has 0 radical (unpaired) electrons. The quantitative estimate of drug-likeness (QED) is 0.689. The molecule has 2 unspecified atom stereocenters. The summed E-state index contributed by atoms with van der Waals surface area (Å²) >= 11 is 0. The maximum Gasteiger partial charge on any atom is 0.0771 e. The molecule has 0 amide bonds. The Bertz CT molecular complexity index is 271. The molecular weight excluding hydrogens is 196 g/mol. The molecule has 0 saturated heterocycles. The van der Waals surface area contributed by atoms with E-state index in [2.05, 4.69) is 31.3 Å². The van der Waals surface area contributed by atoms with Crippen molar-refractivity contribution in [3.63, 3.8) is 0 Å². The molecule has 0 aliphatic heterocycles. The fourth-order valence-electron chi connectivity index (χ4n) is 1.95. The van der Waals surface area contributed by atoms with Crippen LogP contribution in [0.5, 0.6) is 0 Å². The van der Waals surface area contributed by atoms with E-state index in [9.17, 15) is 0 Å². The Morgan fingerprint density at radius 3 is 2.44 bits per heavy atom. The van der Waals surface area contributed by atoms with E-state index < -0.39 is 0 Å². The van der Waals surface area contributed by atoms with Gasteiger partial charge in [-0.2, -0.15) is 0 Å². The minimum Gasteiger partial charge on any atom is -0.370 e. The number of anilines is 1. The maximum atomic E-state index is 6.19. The van der Waals surface area contributed by atoms with Crippen LogP contribution in [0.2, 0.25) is 0 Å². The average Bonchev–Trinajstić information content (AvgIpc) is 2.31. The number of rotatable bonds is 7. The minimum absolute atomic E-state index is 0.0685. The molecule has 0 heterocycles. The third-order valence-electron chi connectivity index (χ3n) is 3.07.